The molecular weight excluding hydrogens is 332 g/mol. The van der Waals surface area contributed by atoms with Crippen LogP contribution in [-0.4, -0.2) is 19.2 Å². The third-order valence-corrected chi connectivity index (χ3v) is 3.78. The highest BCUT2D eigenvalue weighted by molar-refractivity contribution is 5.92. The fourth-order valence-corrected chi connectivity index (χ4v) is 2.68. The van der Waals surface area contributed by atoms with Crippen LogP contribution in [-0.2, 0) is 14.3 Å². The van der Waals surface area contributed by atoms with E-state index in [1.165, 1.54) is 0 Å². The van der Waals surface area contributed by atoms with E-state index in [0.29, 0.717) is 23.7 Å². The molecule has 2 N–H and O–H groups in total. The number of allylic oxidation sites excluding steroid dienone is 2. The number of hydrogen-bond donors (Lipinski definition) is 1. The van der Waals surface area contributed by atoms with E-state index in [1.807, 2.05) is 6.92 Å². The molecule has 1 aliphatic heterocycles. The highest BCUT2D eigenvalue weighted by Gasteiger charge is 2.36. The number of hydrogen-bond acceptors (Lipinski definition) is 6. The molecule has 1 aliphatic rings. The number of carbonyl (C=O) groups excluding carboxylic acids is 1. The largest absolute Gasteiger partial charge is 0.489 e. The number of nitriles is 1. The van der Waals surface area contributed by atoms with Crippen molar-refractivity contribution in [2.75, 3.05) is 13.2 Å². The lowest BCUT2D eigenvalue weighted by Crippen LogP contribution is -2.25. The van der Waals surface area contributed by atoms with E-state index >= 15 is 0 Å². The molecule has 1 aromatic rings. The summed E-state index contributed by atoms with van der Waals surface area (Å²) in [6.45, 7) is 9.60. The van der Waals surface area contributed by atoms with Crippen molar-refractivity contribution in [2.45, 2.75) is 26.7 Å². The fourth-order valence-electron chi connectivity index (χ4n) is 2.68. The van der Waals surface area contributed by atoms with Crippen molar-refractivity contribution in [3.05, 3.63) is 64.8 Å². The number of nitrogens with two attached hydrogens (primary N) is 1. The summed E-state index contributed by atoms with van der Waals surface area (Å²) in [7, 11) is 0. The number of carbonyl (C=O) groups is 1. The van der Waals surface area contributed by atoms with Crippen LogP contribution in [0, 0.1) is 11.3 Å². The summed E-state index contributed by atoms with van der Waals surface area (Å²) < 4.78 is 16.2. The first-order chi connectivity index (χ1) is 12.4. The van der Waals surface area contributed by atoms with Gasteiger partial charge < -0.3 is 19.9 Å². The van der Waals surface area contributed by atoms with Crippen LogP contribution >= 0.6 is 0 Å². The van der Waals surface area contributed by atoms with Gasteiger partial charge in [0.15, 0.2) is 0 Å². The standard InChI is InChI=1S/C20H22N2O4/c1-5-24-20(23)17-13(4)26-19(22)16(10-21)18(17)14-7-6-8-15(9-14)25-11-12(2)3/h6-9,18H,2,5,11,22H2,1,3-4H3. The summed E-state index contributed by atoms with van der Waals surface area (Å²) in [5.41, 5.74) is 7.88. The third kappa shape index (κ3) is 4.06. The molecule has 6 heteroatoms. The van der Waals surface area contributed by atoms with Crippen LogP contribution in [0.1, 0.15) is 32.3 Å². The topological polar surface area (TPSA) is 94.6 Å². The Hall–Kier alpha value is -3.20. The van der Waals surface area contributed by atoms with Crippen molar-refractivity contribution in [1.82, 2.24) is 0 Å². The Bertz CT molecular complexity index is 830. The normalized spacial score (nSPS) is 16.6. The Balaban J connectivity index is 2.51. The van der Waals surface area contributed by atoms with E-state index in [2.05, 4.69) is 12.6 Å². The number of nitrogens with zero attached hydrogens (tertiary/aromatic N) is 1. The molecule has 0 aromatic heterocycles. The zero-order chi connectivity index (χ0) is 19.3. The van der Waals surface area contributed by atoms with Gasteiger partial charge in [-0.05, 0) is 44.0 Å². The van der Waals surface area contributed by atoms with Crippen LogP contribution < -0.4 is 10.5 Å². The molecule has 2 rings (SSSR count). The molecule has 136 valence electrons. The predicted octanol–water partition coefficient (Wildman–Crippen LogP) is 3.29. The molecule has 1 atom stereocenters. The van der Waals surface area contributed by atoms with Gasteiger partial charge in [0.2, 0.25) is 5.88 Å². The van der Waals surface area contributed by atoms with Gasteiger partial charge in [0.1, 0.15) is 29.8 Å². The third-order valence-electron chi connectivity index (χ3n) is 3.78. The number of rotatable bonds is 6. The molecule has 0 saturated heterocycles. The van der Waals surface area contributed by atoms with E-state index in [9.17, 15) is 10.1 Å². The molecule has 0 saturated carbocycles. The first-order valence-corrected chi connectivity index (χ1v) is 8.21. The van der Waals surface area contributed by atoms with Gasteiger partial charge in [-0.2, -0.15) is 5.26 Å². The van der Waals surface area contributed by atoms with Crippen LogP contribution in [0.3, 0.4) is 0 Å². The van der Waals surface area contributed by atoms with Crippen LogP contribution in [0.2, 0.25) is 0 Å². The lowest BCUT2D eigenvalue weighted by atomic mass is 9.83. The molecule has 26 heavy (non-hydrogen) atoms. The molecule has 1 heterocycles. The molecule has 0 bridgehead atoms. The highest BCUT2D eigenvalue weighted by Crippen LogP contribution is 2.40. The Labute approximate surface area is 153 Å². The van der Waals surface area contributed by atoms with E-state index < -0.39 is 11.9 Å². The minimum atomic E-state index is -0.679. The fraction of sp³-hybridized carbons (Fsp3) is 0.300. The minimum Gasteiger partial charge on any atom is -0.489 e. The smallest absolute Gasteiger partial charge is 0.338 e. The molecule has 0 fully saturated rings. The van der Waals surface area contributed by atoms with Gasteiger partial charge in [-0.25, -0.2) is 4.79 Å². The van der Waals surface area contributed by atoms with Crippen molar-refractivity contribution in [2.24, 2.45) is 5.73 Å². The minimum absolute atomic E-state index is 0.0173. The van der Waals surface area contributed by atoms with Crippen molar-refractivity contribution in [3.8, 4) is 11.8 Å². The Kier molecular flexibility index (Phi) is 6.07. The lowest BCUT2D eigenvalue weighted by molar-refractivity contribution is -0.139. The summed E-state index contributed by atoms with van der Waals surface area (Å²) in [5, 5.41) is 9.57. The zero-order valence-corrected chi connectivity index (χ0v) is 15.2. The second-order valence-corrected chi connectivity index (χ2v) is 5.93. The van der Waals surface area contributed by atoms with Gasteiger partial charge in [-0.15, -0.1) is 0 Å². The SMILES string of the molecule is C=C(C)COc1cccc(C2C(C#N)=C(N)OC(C)=C2C(=O)OCC)c1. The zero-order valence-electron chi connectivity index (χ0n) is 15.2. The highest BCUT2D eigenvalue weighted by atomic mass is 16.5. The van der Waals surface area contributed by atoms with Crippen molar-refractivity contribution in [3.63, 3.8) is 0 Å². The maximum absolute atomic E-state index is 12.5. The molecule has 1 unspecified atom stereocenters. The first kappa shape index (κ1) is 19.1. The summed E-state index contributed by atoms with van der Waals surface area (Å²) in [4.78, 5) is 12.5. The van der Waals surface area contributed by atoms with Crippen molar-refractivity contribution >= 4 is 5.97 Å². The number of esters is 1. The molecule has 0 aliphatic carbocycles. The van der Waals surface area contributed by atoms with Crippen molar-refractivity contribution < 1.29 is 19.0 Å². The lowest BCUT2D eigenvalue weighted by Gasteiger charge is -2.27. The van der Waals surface area contributed by atoms with Crippen molar-refractivity contribution in [1.29, 1.82) is 5.26 Å². The van der Waals surface area contributed by atoms with Crippen LogP contribution in [0.4, 0.5) is 0 Å². The van der Waals surface area contributed by atoms with E-state index in [1.54, 1.807) is 38.1 Å². The van der Waals surface area contributed by atoms with Gasteiger partial charge in [-0.1, -0.05) is 18.7 Å². The molecule has 0 amide bonds. The van der Waals surface area contributed by atoms with E-state index in [0.717, 1.165) is 5.57 Å². The maximum atomic E-state index is 12.5. The van der Waals surface area contributed by atoms with Gasteiger partial charge in [0.05, 0.1) is 18.1 Å². The number of ether oxygens (including phenoxy) is 3. The molecule has 0 radical (unpaired) electrons. The summed E-state index contributed by atoms with van der Waals surface area (Å²) in [6, 6.07) is 9.22. The second kappa shape index (κ2) is 8.26. The molecule has 6 nitrogen and oxygen atoms in total. The van der Waals surface area contributed by atoms with Gasteiger partial charge in [0, 0.05) is 0 Å². The Morgan fingerprint density at radius 1 is 1.46 bits per heavy atom. The number of benzene rings is 1. The summed E-state index contributed by atoms with van der Waals surface area (Å²) >= 11 is 0. The molecular formula is C20H22N2O4. The van der Waals surface area contributed by atoms with Gasteiger partial charge in [-0.3, -0.25) is 0 Å². The van der Waals surface area contributed by atoms with Crippen LogP contribution in [0.15, 0.2) is 59.2 Å². The monoisotopic (exact) mass is 354 g/mol. The Morgan fingerprint density at radius 2 is 2.19 bits per heavy atom. The predicted molar refractivity (Wildman–Crippen MR) is 96.7 cm³/mol. The molecule has 0 spiro atoms. The molecule has 1 aromatic carbocycles. The summed E-state index contributed by atoms with van der Waals surface area (Å²) in [6.07, 6.45) is 0. The summed E-state index contributed by atoms with van der Waals surface area (Å²) in [5.74, 6) is -0.312. The maximum Gasteiger partial charge on any atom is 0.338 e. The van der Waals surface area contributed by atoms with E-state index in [-0.39, 0.29) is 23.6 Å². The Morgan fingerprint density at radius 3 is 2.81 bits per heavy atom. The van der Waals surface area contributed by atoms with E-state index in [4.69, 9.17) is 19.9 Å². The van der Waals surface area contributed by atoms with Gasteiger partial charge in [0.25, 0.3) is 0 Å². The van der Waals surface area contributed by atoms with Gasteiger partial charge >= 0.3 is 5.97 Å². The van der Waals surface area contributed by atoms with Crippen LogP contribution in [0.5, 0.6) is 5.75 Å². The average Bonchev–Trinajstić information content (AvgIpc) is 2.59. The quantitative estimate of drug-likeness (QED) is 0.622. The second-order valence-electron chi connectivity index (χ2n) is 5.93. The average molecular weight is 354 g/mol. The first-order valence-electron chi connectivity index (χ1n) is 8.21. The van der Waals surface area contributed by atoms with Crippen LogP contribution in [0.25, 0.3) is 0 Å².